The van der Waals surface area contributed by atoms with E-state index in [1.54, 1.807) is 11.8 Å². The molecular formula is C27H28N6O2S. The Morgan fingerprint density at radius 3 is 2.36 bits per heavy atom. The van der Waals surface area contributed by atoms with Gasteiger partial charge in [0, 0.05) is 35.4 Å². The second kappa shape index (κ2) is 9.58. The summed E-state index contributed by atoms with van der Waals surface area (Å²) in [7, 11) is 3.53. The number of hydrazone groups is 1. The predicted octanol–water partition coefficient (Wildman–Crippen LogP) is 4.63. The first-order valence-corrected chi connectivity index (χ1v) is 12.6. The molecule has 184 valence electrons. The maximum atomic E-state index is 13.2. The number of ether oxygens (including phenoxy) is 1. The minimum atomic E-state index is -0.158. The van der Waals surface area contributed by atoms with Crippen molar-refractivity contribution in [3.8, 4) is 17.1 Å². The Bertz CT molecular complexity index is 1540. The zero-order chi connectivity index (χ0) is 25.4. The topological polar surface area (TPSA) is 77.8 Å². The van der Waals surface area contributed by atoms with E-state index < -0.39 is 0 Å². The second-order valence-electron chi connectivity index (χ2n) is 8.60. The van der Waals surface area contributed by atoms with Crippen molar-refractivity contribution in [1.29, 1.82) is 0 Å². The fraction of sp³-hybridized carbons (Fsp3) is 0.222. The highest BCUT2D eigenvalue weighted by molar-refractivity contribution is 8.14. The van der Waals surface area contributed by atoms with Gasteiger partial charge in [0.15, 0.2) is 10.9 Å². The van der Waals surface area contributed by atoms with Gasteiger partial charge in [0.25, 0.3) is 5.56 Å². The molecule has 0 aliphatic carbocycles. The van der Waals surface area contributed by atoms with Crippen LogP contribution >= 0.6 is 11.8 Å². The van der Waals surface area contributed by atoms with Gasteiger partial charge in [-0.05, 0) is 63.2 Å². The van der Waals surface area contributed by atoms with Gasteiger partial charge < -0.3 is 9.30 Å². The van der Waals surface area contributed by atoms with Crippen molar-refractivity contribution >= 4 is 28.3 Å². The predicted molar refractivity (Wildman–Crippen MR) is 147 cm³/mol. The minimum absolute atomic E-state index is 0.158. The van der Waals surface area contributed by atoms with Gasteiger partial charge >= 0.3 is 0 Å². The van der Waals surface area contributed by atoms with Gasteiger partial charge in [-0.1, -0.05) is 30.0 Å². The highest BCUT2D eigenvalue weighted by Crippen LogP contribution is 2.26. The monoisotopic (exact) mass is 500 g/mol. The molecule has 36 heavy (non-hydrogen) atoms. The molecule has 2 aromatic heterocycles. The smallest absolute Gasteiger partial charge is 0.297 e. The molecule has 0 bridgehead atoms. The van der Waals surface area contributed by atoms with Gasteiger partial charge in [-0.15, -0.1) is 0 Å². The summed E-state index contributed by atoms with van der Waals surface area (Å²) in [6.45, 7) is 6.09. The number of benzene rings is 2. The van der Waals surface area contributed by atoms with Crippen molar-refractivity contribution in [2.24, 2.45) is 17.1 Å². The molecule has 1 N–H and O–H groups in total. The van der Waals surface area contributed by atoms with E-state index in [0.717, 1.165) is 45.5 Å². The number of para-hydroxylation sites is 1. The third-order valence-corrected chi connectivity index (χ3v) is 7.32. The van der Waals surface area contributed by atoms with Gasteiger partial charge in [-0.3, -0.25) is 14.9 Å². The number of amidine groups is 1. The number of thioether (sulfide) groups is 1. The van der Waals surface area contributed by atoms with E-state index in [2.05, 4.69) is 40.0 Å². The van der Waals surface area contributed by atoms with E-state index >= 15 is 0 Å². The maximum absolute atomic E-state index is 13.2. The summed E-state index contributed by atoms with van der Waals surface area (Å²) < 4.78 is 11.0. The van der Waals surface area contributed by atoms with Crippen LogP contribution in [-0.2, 0) is 7.05 Å². The van der Waals surface area contributed by atoms with Gasteiger partial charge in [0.05, 0.1) is 24.2 Å². The highest BCUT2D eigenvalue weighted by Gasteiger charge is 2.21. The normalized spacial score (nSPS) is 14.6. The number of nitrogens with zero attached hydrogens (tertiary/aromatic N) is 5. The Hall–Kier alpha value is -3.98. The van der Waals surface area contributed by atoms with Gasteiger partial charge in [0.2, 0.25) is 0 Å². The Balaban J connectivity index is 1.42. The number of nitrogens with one attached hydrogen (secondary N) is 1. The molecule has 0 unspecified atom stereocenters. The first-order chi connectivity index (χ1) is 17.4. The molecule has 4 aromatic rings. The van der Waals surface area contributed by atoms with Crippen LogP contribution in [0.2, 0.25) is 0 Å². The molecule has 0 amide bonds. The molecule has 5 rings (SSSR count). The van der Waals surface area contributed by atoms with Crippen LogP contribution in [0.25, 0.3) is 11.4 Å². The fourth-order valence-electron chi connectivity index (χ4n) is 4.48. The molecule has 0 saturated carbocycles. The number of aliphatic imine (C=N–C) groups is 1. The Labute approximate surface area is 213 Å². The SMILES string of the molecule is COc1ccc(-n2c(C)cc(C3=NNC(=Nc4c(C)n(C)n(-c5ccccc5)c4=O)SC3)c2C)cc1. The number of hydrogen-bond acceptors (Lipinski definition) is 5. The first-order valence-electron chi connectivity index (χ1n) is 11.6. The lowest BCUT2D eigenvalue weighted by Crippen LogP contribution is -2.26. The molecule has 0 fully saturated rings. The molecule has 0 radical (unpaired) electrons. The number of hydrogen-bond donors (Lipinski definition) is 1. The summed E-state index contributed by atoms with van der Waals surface area (Å²) in [6.07, 6.45) is 0. The lowest BCUT2D eigenvalue weighted by Gasteiger charge is -2.15. The maximum Gasteiger partial charge on any atom is 0.297 e. The Kier molecular flexibility index (Phi) is 6.32. The summed E-state index contributed by atoms with van der Waals surface area (Å²) in [5.41, 5.74) is 10.3. The number of methoxy groups -OCH3 is 1. The lowest BCUT2D eigenvalue weighted by atomic mass is 10.1. The Morgan fingerprint density at radius 1 is 1.00 bits per heavy atom. The van der Waals surface area contributed by atoms with Crippen molar-refractivity contribution in [3.05, 3.63) is 93.7 Å². The van der Waals surface area contributed by atoms with Crippen LogP contribution in [0.3, 0.4) is 0 Å². The second-order valence-corrected chi connectivity index (χ2v) is 9.57. The summed E-state index contributed by atoms with van der Waals surface area (Å²) in [5, 5.41) is 5.23. The number of aryl methyl sites for hydroxylation is 1. The van der Waals surface area contributed by atoms with E-state index in [4.69, 9.17) is 4.74 Å². The molecule has 0 saturated heterocycles. The zero-order valence-corrected chi connectivity index (χ0v) is 21.8. The standard InChI is InChI=1S/C27H28N6O2S/c1-17-15-23(18(2)32(17)20-11-13-22(35-5)14-12-20)24-16-36-27(30-29-24)28-25-19(3)31(4)33(26(25)34)21-9-7-6-8-10-21/h6-15H,16H2,1-5H3,(H,28,30). The minimum Gasteiger partial charge on any atom is -0.497 e. The zero-order valence-electron chi connectivity index (χ0n) is 20.9. The van der Waals surface area contributed by atoms with Gasteiger partial charge in [-0.2, -0.15) is 5.10 Å². The molecule has 1 aliphatic rings. The van der Waals surface area contributed by atoms with Crippen LogP contribution in [0.4, 0.5) is 5.69 Å². The highest BCUT2D eigenvalue weighted by atomic mass is 32.2. The van der Waals surface area contributed by atoms with Crippen molar-refractivity contribution in [2.75, 3.05) is 12.9 Å². The van der Waals surface area contributed by atoms with Crippen LogP contribution in [0, 0.1) is 20.8 Å². The van der Waals surface area contributed by atoms with Crippen LogP contribution in [0.5, 0.6) is 5.75 Å². The fourth-order valence-corrected chi connectivity index (χ4v) is 5.24. The third kappa shape index (κ3) is 4.15. The van der Waals surface area contributed by atoms with Gasteiger partial charge in [0.1, 0.15) is 5.75 Å². The van der Waals surface area contributed by atoms with E-state index in [0.29, 0.717) is 16.6 Å². The average Bonchev–Trinajstić information content (AvgIpc) is 3.31. The molecule has 3 heterocycles. The summed E-state index contributed by atoms with van der Waals surface area (Å²) in [4.78, 5) is 17.8. The average molecular weight is 501 g/mol. The molecule has 9 heteroatoms. The van der Waals surface area contributed by atoms with Gasteiger partial charge in [-0.25, -0.2) is 9.67 Å². The number of rotatable bonds is 5. The molecule has 0 atom stereocenters. The van der Waals surface area contributed by atoms with E-state index in [9.17, 15) is 4.79 Å². The number of aromatic nitrogens is 3. The van der Waals surface area contributed by atoms with Crippen LogP contribution in [0.1, 0.15) is 22.6 Å². The van der Waals surface area contributed by atoms with Crippen LogP contribution in [0.15, 0.2) is 75.6 Å². The van der Waals surface area contributed by atoms with E-state index in [-0.39, 0.29) is 5.56 Å². The van der Waals surface area contributed by atoms with Crippen LogP contribution in [-0.4, -0.2) is 37.7 Å². The third-order valence-electron chi connectivity index (χ3n) is 6.44. The molecule has 0 spiro atoms. The molecular weight excluding hydrogens is 472 g/mol. The molecule has 8 nitrogen and oxygen atoms in total. The van der Waals surface area contributed by atoms with Crippen molar-refractivity contribution in [1.82, 2.24) is 19.4 Å². The summed E-state index contributed by atoms with van der Waals surface area (Å²) in [6, 6.07) is 19.7. The summed E-state index contributed by atoms with van der Waals surface area (Å²) >= 11 is 1.54. The van der Waals surface area contributed by atoms with Crippen molar-refractivity contribution in [2.45, 2.75) is 20.8 Å². The van der Waals surface area contributed by atoms with E-state index in [1.165, 1.54) is 11.8 Å². The first kappa shape index (κ1) is 23.7. The summed E-state index contributed by atoms with van der Waals surface area (Å²) in [5.74, 6) is 1.48. The largest absolute Gasteiger partial charge is 0.497 e. The molecule has 1 aliphatic heterocycles. The Morgan fingerprint density at radius 2 is 1.72 bits per heavy atom. The quantitative estimate of drug-likeness (QED) is 0.434. The van der Waals surface area contributed by atoms with E-state index in [1.807, 2.05) is 73.3 Å². The van der Waals surface area contributed by atoms with Crippen molar-refractivity contribution < 1.29 is 4.74 Å². The molecule has 2 aromatic carbocycles. The van der Waals surface area contributed by atoms with Crippen LogP contribution < -0.4 is 15.7 Å². The lowest BCUT2D eigenvalue weighted by molar-refractivity contribution is 0.414. The van der Waals surface area contributed by atoms with Crippen molar-refractivity contribution in [3.63, 3.8) is 0 Å².